The SMILES string of the molecule is CCN(c1ccccc1)S(=O)(=O)c1ccc(C(=O)N[C@H]2CCCNC2)cc1.Cl. The molecule has 6 nitrogen and oxygen atoms in total. The van der Waals surface area contributed by atoms with Gasteiger partial charge in [-0.05, 0) is 62.7 Å². The van der Waals surface area contributed by atoms with Gasteiger partial charge in [-0.2, -0.15) is 0 Å². The number of benzene rings is 2. The van der Waals surface area contributed by atoms with E-state index in [1.54, 1.807) is 43.3 Å². The van der Waals surface area contributed by atoms with Crippen molar-refractivity contribution < 1.29 is 13.2 Å². The van der Waals surface area contributed by atoms with Crippen LogP contribution in [0.1, 0.15) is 30.1 Å². The van der Waals surface area contributed by atoms with E-state index in [2.05, 4.69) is 10.6 Å². The lowest BCUT2D eigenvalue weighted by Gasteiger charge is -2.24. The lowest BCUT2D eigenvalue weighted by molar-refractivity contribution is 0.0930. The van der Waals surface area contributed by atoms with Crippen LogP contribution in [0.25, 0.3) is 0 Å². The summed E-state index contributed by atoms with van der Waals surface area (Å²) in [6, 6.07) is 15.2. The molecule has 0 unspecified atom stereocenters. The van der Waals surface area contributed by atoms with Crippen molar-refractivity contribution in [3.8, 4) is 0 Å². The molecule has 8 heteroatoms. The Morgan fingerprint density at radius 1 is 1.14 bits per heavy atom. The second-order valence-corrected chi connectivity index (χ2v) is 8.41. The van der Waals surface area contributed by atoms with Gasteiger partial charge in [0.15, 0.2) is 0 Å². The molecule has 1 saturated heterocycles. The lowest BCUT2D eigenvalue weighted by Crippen LogP contribution is -2.45. The highest BCUT2D eigenvalue weighted by atomic mass is 35.5. The first kappa shape index (κ1) is 22.2. The van der Waals surface area contributed by atoms with E-state index in [4.69, 9.17) is 0 Å². The van der Waals surface area contributed by atoms with Crippen molar-refractivity contribution in [1.82, 2.24) is 10.6 Å². The molecule has 152 valence electrons. The topological polar surface area (TPSA) is 78.5 Å². The predicted octanol–water partition coefficient (Wildman–Crippen LogP) is 2.81. The fourth-order valence-electron chi connectivity index (χ4n) is 3.23. The molecule has 0 aliphatic carbocycles. The van der Waals surface area contributed by atoms with E-state index < -0.39 is 10.0 Å². The third-order valence-electron chi connectivity index (χ3n) is 4.67. The normalized spacial score (nSPS) is 16.7. The van der Waals surface area contributed by atoms with Crippen molar-refractivity contribution in [1.29, 1.82) is 0 Å². The third kappa shape index (κ3) is 5.04. The summed E-state index contributed by atoms with van der Waals surface area (Å²) < 4.78 is 27.3. The van der Waals surface area contributed by atoms with E-state index in [-0.39, 0.29) is 29.3 Å². The van der Waals surface area contributed by atoms with Gasteiger partial charge in [0, 0.05) is 24.7 Å². The van der Waals surface area contributed by atoms with E-state index in [0.717, 1.165) is 25.9 Å². The lowest BCUT2D eigenvalue weighted by atomic mass is 10.1. The second kappa shape index (κ2) is 9.91. The van der Waals surface area contributed by atoms with Crippen molar-refractivity contribution in [3.63, 3.8) is 0 Å². The fraction of sp³-hybridized carbons (Fsp3) is 0.350. The maximum Gasteiger partial charge on any atom is 0.264 e. The molecule has 0 bridgehead atoms. The highest BCUT2D eigenvalue weighted by molar-refractivity contribution is 7.92. The van der Waals surface area contributed by atoms with Crippen LogP contribution >= 0.6 is 12.4 Å². The van der Waals surface area contributed by atoms with Crippen LogP contribution in [-0.4, -0.2) is 40.0 Å². The number of amides is 1. The number of hydrogen-bond donors (Lipinski definition) is 2. The number of carbonyl (C=O) groups excluding carboxylic acids is 1. The van der Waals surface area contributed by atoms with Crippen molar-refractivity contribution >= 4 is 34.0 Å². The van der Waals surface area contributed by atoms with E-state index in [9.17, 15) is 13.2 Å². The molecule has 2 aromatic rings. The summed E-state index contributed by atoms with van der Waals surface area (Å²) in [6.45, 7) is 3.86. The zero-order valence-electron chi connectivity index (χ0n) is 15.8. The fourth-order valence-corrected chi connectivity index (χ4v) is 4.71. The number of rotatable bonds is 6. The zero-order valence-corrected chi connectivity index (χ0v) is 17.4. The summed E-state index contributed by atoms with van der Waals surface area (Å²) in [6.07, 6.45) is 1.99. The molecular formula is C20H26ClN3O3S. The minimum Gasteiger partial charge on any atom is -0.348 e. The highest BCUT2D eigenvalue weighted by Gasteiger charge is 2.24. The Morgan fingerprint density at radius 3 is 2.39 bits per heavy atom. The minimum absolute atomic E-state index is 0. The van der Waals surface area contributed by atoms with Crippen LogP contribution in [0.4, 0.5) is 5.69 Å². The van der Waals surface area contributed by atoms with Crippen molar-refractivity contribution in [2.75, 3.05) is 23.9 Å². The Labute approximate surface area is 172 Å². The van der Waals surface area contributed by atoms with E-state index in [1.165, 1.54) is 16.4 Å². The molecule has 1 atom stereocenters. The second-order valence-electron chi connectivity index (χ2n) is 6.55. The summed E-state index contributed by atoms with van der Waals surface area (Å²) in [4.78, 5) is 12.6. The Kier molecular flexibility index (Phi) is 7.86. The maximum absolute atomic E-state index is 13.0. The summed E-state index contributed by atoms with van der Waals surface area (Å²) >= 11 is 0. The van der Waals surface area contributed by atoms with E-state index in [0.29, 0.717) is 17.8 Å². The minimum atomic E-state index is -3.68. The van der Waals surface area contributed by atoms with Gasteiger partial charge < -0.3 is 10.6 Å². The van der Waals surface area contributed by atoms with Crippen molar-refractivity contribution in [3.05, 3.63) is 60.2 Å². The molecule has 1 aliphatic heterocycles. The van der Waals surface area contributed by atoms with Gasteiger partial charge in [-0.3, -0.25) is 9.10 Å². The van der Waals surface area contributed by atoms with Crippen LogP contribution in [0.3, 0.4) is 0 Å². The van der Waals surface area contributed by atoms with Crippen LogP contribution in [0, 0.1) is 0 Å². The average Bonchev–Trinajstić information content (AvgIpc) is 2.70. The van der Waals surface area contributed by atoms with E-state index >= 15 is 0 Å². The monoisotopic (exact) mass is 423 g/mol. The predicted molar refractivity (Wildman–Crippen MR) is 114 cm³/mol. The van der Waals surface area contributed by atoms with E-state index in [1.807, 2.05) is 6.07 Å². The molecule has 1 aliphatic rings. The molecular weight excluding hydrogens is 398 g/mol. The van der Waals surface area contributed by atoms with Crippen LogP contribution in [0.15, 0.2) is 59.5 Å². The molecule has 1 fully saturated rings. The van der Waals surface area contributed by atoms with Crippen molar-refractivity contribution in [2.45, 2.75) is 30.7 Å². The first-order chi connectivity index (χ1) is 13.0. The summed E-state index contributed by atoms with van der Waals surface area (Å²) in [7, 11) is -3.68. The quantitative estimate of drug-likeness (QED) is 0.748. The summed E-state index contributed by atoms with van der Waals surface area (Å²) in [5, 5.41) is 6.25. The van der Waals surface area contributed by atoms with Gasteiger partial charge >= 0.3 is 0 Å². The molecule has 1 amide bonds. The Balaban J connectivity index is 0.00000280. The number of nitrogens with zero attached hydrogens (tertiary/aromatic N) is 1. The summed E-state index contributed by atoms with van der Waals surface area (Å²) in [5.74, 6) is -0.178. The Hall–Kier alpha value is -2.09. The van der Waals surface area contributed by atoms with Gasteiger partial charge in [0.1, 0.15) is 0 Å². The number of para-hydroxylation sites is 1. The van der Waals surface area contributed by atoms with Crippen LogP contribution < -0.4 is 14.9 Å². The molecule has 0 saturated carbocycles. The summed E-state index contributed by atoms with van der Waals surface area (Å²) in [5.41, 5.74) is 1.08. The first-order valence-electron chi connectivity index (χ1n) is 9.22. The van der Waals surface area contributed by atoms with Crippen molar-refractivity contribution in [2.24, 2.45) is 0 Å². The number of anilines is 1. The zero-order chi connectivity index (χ0) is 19.3. The molecule has 2 aromatic carbocycles. The molecule has 2 N–H and O–H groups in total. The molecule has 3 rings (SSSR count). The van der Waals surface area contributed by atoms with Crippen LogP contribution in [0.5, 0.6) is 0 Å². The Bertz CT molecular complexity index is 867. The highest BCUT2D eigenvalue weighted by Crippen LogP contribution is 2.23. The number of sulfonamides is 1. The number of nitrogens with one attached hydrogen (secondary N) is 2. The number of halogens is 1. The molecule has 0 aromatic heterocycles. The van der Waals surface area contributed by atoms with Crippen LogP contribution in [0.2, 0.25) is 0 Å². The third-order valence-corrected chi connectivity index (χ3v) is 6.59. The van der Waals surface area contributed by atoms with Gasteiger partial charge in [0.25, 0.3) is 15.9 Å². The number of hydrogen-bond acceptors (Lipinski definition) is 4. The first-order valence-corrected chi connectivity index (χ1v) is 10.7. The molecule has 0 radical (unpaired) electrons. The number of carbonyl (C=O) groups is 1. The average molecular weight is 424 g/mol. The molecule has 28 heavy (non-hydrogen) atoms. The van der Waals surface area contributed by atoms with Gasteiger partial charge in [-0.15, -0.1) is 12.4 Å². The largest absolute Gasteiger partial charge is 0.348 e. The van der Waals surface area contributed by atoms with Crippen LogP contribution in [-0.2, 0) is 10.0 Å². The van der Waals surface area contributed by atoms with Gasteiger partial charge in [-0.25, -0.2) is 8.42 Å². The molecule has 1 heterocycles. The standard InChI is InChI=1S/C20H25N3O3S.ClH/c1-2-23(18-8-4-3-5-9-18)27(25,26)19-12-10-16(11-13-19)20(24)22-17-7-6-14-21-15-17;/h3-5,8-13,17,21H,2,6-7,14-15H2,1H3,(H,22,24);1H/t17-;/m0./s1. The van der Waals surface area contributed by atoms with Gasteiger partial charge in [-0.1, -0.05) is 18.2 Å². The maximum atomic E-state index is 13.0. The van der Waals surface area contributed by atoms with Gasteiger partial charge in [0.05, 0.1) is 10.6 Å². The smallest absolute Gasteiger partial charge is 0.264 e. The molecule has 0 spiro atoms. The number of piperidine rings is 1. The van der Waals surface area contributed by atoms with Gasteiger partial charge in [0.2, 0.25) is 0 Å². The Morgan fingerprint density at radius 2 is 1.82 bits per heavy atom.